The Kier molecular flexibility index (Phi) is 7.39. The van der Waals surface area contributed by atoms with Crippen LogP contribution in [0.5, 0.6) is 11.5 Å². The number of nitrogens with zero attached hydrogens (tertiary/aromatic N) is 2. The Labute approximate surface area is 209 Å². The van der Waals surface area contributed by atoms with Crippen molar-refractivity contribution in [2.75, 3.05) is 12.4 Å². The van der Waals surface area contributed by atoms with Gasteiger partial charge in [0.2, 0.25) is 0 Å². The molecule has 0 bridgehead atoms. The molecule has 0 saturated heterocycles. The van der Waals surface area contributed by atoms with Gasteiger partial charge in [-0.15, -0.1) is 0 Å². The van der Waals surface area contributed by atoms with E-state index in [9.17, 15) is 9.59 Å². The number of carbonyl (C=O) groups is 2. The second-order valence-electron chi connectivity index (χ2n) is 8.33. The molecule has 0 unspecified atom stereocenters. The van der Waals surface area contributed by atoms with Crippen molar-refractivity contribution in [3.05, 3.63) is 94.7 Å². The summed E-state index contributed by atoms with van der Waals surface area (Å²) in [6.45, 7) is 4.42. The number of nitrogens with one attached hydrogen (secondary N) is 2. The Bertz CT molecular complexity index is 1380. The summed E-state index contributed by atoms with van der Waals surface area (Å²) in [6.07, 6.45) is 2.97. The second-order valence-corrected chi connectivity index (χ2v) is 8.33. The molecule has 0 spiro atoms. The lowest BCUT2D eigenvalue weighted by Crippen LogP contribution is -2.26. The van der Waals surface area contributed by atoms with Crippen LogP contribution in [0.1, 0.15) is 43.3 Å². The molecule has 186 valence electrons. The van der Waals surface area contributed by atoms with Crippen molar-refractivity contribution in [1.82, 2.24) is 15.1 Å². The van der Waals surface area contributed by atoms with Gasteiger partial charge >= 0.3 is 0 Å². The Balaban J connectivity index is 1.49. The largest absolute Gasteiger partial charge is 0.496 e. The fraction of sp³-hybridized carbons (Fsp3) is 0.222. The SMILES string of the molecule is COc1ccc(C(=O)Nc2cnn(C)c2C(=O)NCc2ccco2)cc1COc1cc(C)ccc1C. The minimum absolute atomic E-state index is 0.215. The monoisotopic (exact) mass is 488 g/mol. The van der Waals surface area contributed by atoms with Crippen LogP contribution in [0.15, 0.2) is 65.4 Å². The van der Waals surface area contributed by atoms with Gasteiger partial charge in [0.15, 0.2) is 0 Å². The zero-order chi connectivity index (χ0) is 25.7. The zero-order valence-electron chi connectivity index (χ0n) is 20.6. The standard InChI is InChI=1S/C27H28N4O5/c1-17-7-8-18(2)24(12-17)36-16-20-13-19(9-10-23(20)34-4)26(32)30-22-15-29-31(3)25(22)27(33)28-14-21-6-5-11-35-21/h5-13,15H,14,16H2,1-4H3,(H,28,33)(H,30,32). The molecular weight excluding hydrogens is 460 g/mol. The third kappa shape index (κ3) is 5.57. The van der Waals surface area contributed by atoms with Crippen LogP contribution in [0.2, 0.25) is 0 Å². The van der Waals surface area contributed by atoms with Gasteiger partial charge in [-0.25, -0.2) is 0 Å². The van der Waals surface area contributed by atoms with Crippen molar-refractivity contribution in [3.8, 4) is 11.5 Å². The maximum Gasteiger partial charge on any atom is 0.272 e. The molecule has 9 nitrogen and oxygen atoms in total. The van der Waals surface area contributed by atoms with Gasteiger partial charge in [-0.1, -0.05) is 12.1 Å². The zero-order valence-corrected chi connectivity index (χ0v) is 20.6. The van der Waals surface area contributed by atoms with Gasteiger partial charge < -0.3 is 24.5 Å². The number of aromatic nitrogens is 2. The molecule has 4 aromatic rings. The van der Waals surface area contributed by atoms with E-state index in [-0.39, 0.29) is 24.8 Å². The highest BCUT2D eigenvalue weighted by atomic mass is 16.5. The van der Waals surface area contributed by atoms with Crippen LogP contribution in [0.25, 0.3) is 0 Å². The first-order chi connectivity index (χ1) is 17.4. The first kappa shape index (κ1) is 24.6. The highest BCUT2D eigenvalue weighted by molar-refractivity contribution is 6.08. The number of ether oxygens (including phenoxy) is 2. The Morgan fingerprint density at radius 3 is 2.64 bits per heavy atom. The summed E-state index contributed by atoms with van der Waals surface area (Å²) in [7, 11) is 3.20. The average molecular weight is 489 g/mol. The van der Waals surface area contributed by atoms with E-state index < -0.39 is 5.91 Å². The molecule has 0 radical (unpaired) electrons. The number of carbonyl (C=O) groups excluding carboxylic acids is 2. The number of hydrogen-bond acceptors (Lipinski definition) is 6. The number of furan rings is 1. The molecule has 0 aliphatic rings. The average Bonchev–Trinajstić information content (AvgIpc) is 3.52. The Morgan fingerprint density at radius 1 is 1.06 bits per heavy atom. The number of aryl methyl sites for hydroxylation is 3. The lowest BCUT2D eigenvalue weighted by atomic mass is 10.1. The number of amides is 2. The molecule has 2 N–H and O–H groups in total. The lowest BCUT2D eigenvalue weighted by Gasteiger charge is -2.14. The van der Waals surface area contributed by atoms with E-state index in [1.807, 2.05) is 32.0 Å². The van der Waals surface area contributed by atoms with E-state index in [2.05, 4.69) is 15.7 Å². The molecule has 2 aromatic heterocycles. The van der Waals surface area contributed by atoms with Crippen molar-refractivity contribution < 1.29 is 23.5 Å². The van der Waals surface area contributed by atoms with Gasteiger partial charge in [-0.2, -0.15) is 5.10 Å². The van der Waals surface area contributed by atoms with E-state index in [1.165, 1.54) is 17.1 Å². The summed E-state index contributed by atoms with van der Waals surface area (Å²) in [5.74, 6) is 1.21. The molecule has 2 aromatic carbocycles. The second kappa shape index (κ2) is 10.8. The number of hydrogen-bond donors (Lipinski definition) is 2. The van der Waals surface area contributed by atoms with Crippen molar-refractivity contribution in [2.24, 2.45) is 7.05 Å². The molecule has 0 saturated carbocycles. The highest BCUT2D eigenvalue weighted by Crippen LogP contribution is 2.25. The van der Waals surface area contributed by atoms with E-state index >= 15 is 0 Å². The molecule has 0 aliphatic carbocycles. The molecule has 4 rings (SSSR count). The fourth-order valence-electron chi connectivity index (χ4n) is 3.71. The highest BCUT2D eigenvalue weighted by Gasteiger charge is 2.20. The molecule has 36 heavy (non-hydrogen) atoms. The maximum atomic E-state index is 13.1. The van der Waals surface area contributed by atoms with Crippen LogP contribution in [-0.2, 0) is 20.2 Å². The summed E-state index contributed by atoms with van der Waals surface area (Å²) in [5, 5.41) is 9.69. The Hall–Kier alpha value is -4.53. The minimum atomic E-state index is -0.390. The third-order valence-corrected chi connectivity index (χ3v) is 5.67. The maximum absolute atomic E-state index is 13.1. The van der Waals surface area contributed by atoms with E-state index in [1.54, 1.807) is 44.5 Å². The van der Waals surface area contributed by atoms with E-state index in [0.29, 0.717) is 28.3 Å². The molecule has 9 heteroatoms. The van der Waals surface area contributed by atoms with E-state index in [0.717, 1.165) is 16.9 Å². The van der Waals surface area contributed by atoms with Crippen LogP contribution in [0.4, 0.5) is 5.69 Å². The fourth-order valence-corrected chi connectivity index (χ4v) is 3.71. The van der Waals surface area contributed by atoms with Gasteiger partial charge in [0.05, 0.1) is 31.8 Å². The van der Waals surface area contributed by atoms with Crippen LogP contribution >= 0.6 is 0 Å². The molecular formula is C27H28N4O5. The smallest absolute Gasteiger partial charge is 0.272 e. The summed E-state index contributed by atoms with van der Waals surface area (Å²) in [6, 6.07) is 14.6. The first-order valence-corrected chi connectivity index (χ1v) is 11.4. The predicted octanol–water partition coefficient (Wildman–Crippen LogP) is 4.40. The quantitative estimate of drug-likeness (QED) is 0.362. The number of benzene rings is 2. The van der Waals surface area contributed by atoms with Crippen molar-refractivity contribution >= 4 is 17.5 Å². The number of methoxy groups -OCH3 is 1. The molecule has 0 fully saturated rings. The minimum Gasteiger partial charge on any atom is -0.496 e. The first-order valence-electron chi connectivity index (χ1n) is 11.4. The Morgan fingerprint density at radius 2 is 1.89 bits per heavy atom. The van der Waals surface area contributed by atoms with Crippen molar-refractivity contribution in [2.45, 2.75) is 27.0 Å². The normalized spacial score (nSPS) is 10.7. The number of rotatable bonds is 9. The predicted molar refractivity (Wildman–Crippen MR) is 134 cm³/mol. The topological polar surface area (TPSA) is 108 Å². The summed E-state index contributed by atoms with van der Waals surface area (Å²) >= 11 is 0. The van der Waals surface area contributed by atoms with Gasteiger partial charge in [-0.05, 0) is 61.4 Å². The lowest BCUT2D eigenvalue weighted by molar-refractivity contribution is 0.0939. The molecule has 2 heterocycles. The third-order valence-electron chi connectivity index (χ3n) is 5.67. The van der Waals surface area contributed by atoms with Crippen molar-refractivity contribution in [1.29, 1.82) is 0 Å². The van der Waals surface area contributed by atoms with Gasteiger partial charge in [0, 0.05) is 18.2 Å². The summed E-state index contributed by atoms with van der Waals surface area (Å²) < 4.78 is 18.1. The van der Waals surface area contributed by atoms with Crippen molar-refractivity contribution in [3.63, 3.8) is 0 Å². The van der Waals surface area contributed by atoms with Crippen LogP contribution in [-0.4, -0.2) is 28.7 Å². The van der Waals surface area contributed by atoms with Gasteiger partial charge in [0.1, 0.15) is 29.6 Å². The van der Waals surface area contributed by atoms with Gasteiger partial charge in [0.25, 0.3) is 11.8 Å². The summed E-state index contributed by atoms with van der Waals surface area (Å²) in [4.78, 5) is 25.9. The van der Waals surface area contributed by atoms with Crippen LogP contribution in [0, 0.1) is 13.8 Å². The molecule has 0 atom stereocenters. The van der Waals surface area contributed by atoms with Crippen LogP contribution in [0.3, 0.4) is 0 Å². The molecule has 0 aliphatic heterocycles. The van der Waals surface area contributed by atoms with Gasteiger partial charge in [-0.3, -0.25) is 14.3 Å². The summed E-state index contributed by atoms with van der Waals surface area (Å²) in [5.41, 5.74) is 3.74. The van der Waals surface area contributed by atoms with Crippen LogP contribution < -0.4 is 20.1 Å². The molecule has 2 amide bonds. The number of anilines is 1. The van der Waals surface area contributed by atoms with E-state index in [4.69, 9.17) is 13.9 Å².